The molecule has 84 valence electrons. The van der Waals surface area contributed by atoms with E-state index in [9.17, 15) is 0 Å². The highest BCUT2D eigenvalue weighted by molar-refractivity contribution is 5.85. The summed E-state index contributed by atoms with van der Waals surface area (Å²) in [5.74, 6) is 0. The van der Waals surface area contributed by atoms with Gasteiger partial charge in [0, 0.05) is 18.8 Å². The van der Waals surface area contributed by atoms with Crippen molar-refractivity contribution >= 4 is 12.4 Å². The number of hydrogen-bond acceptors (Lipinski definition) is 2. The number of ether oxygens (including phenoxy) is 1. The van der Waals surface area contributed by atoms with Crippen LogP contribution < -0.4 is 5.73 Å². The molecule has 2 nitrogen and oxygen atoms in total. The quantitative estimate of drug-likeness (QED) is 0.841. The van der Waals surface area contributed by atoms with Crippen LogP contribution in [-0.2, 0) is 11.2 Å². The molecule has 0 saturated carbocycles. The van der Waals surface area contributed by atoms with Crippen molar-refractivity contribution in [3.63, 3.8) is 0 Å². The van der Waals surface area contributed by atoms with E-state index in [2.05, 4.69) is 24.3 Å². The van der Waals surface area contributed by atoms with Crippen LogP contribution in [0, 0.1) is 0 Å². The van der Waals surface area contributed by atoms with Crippen molar-refractivity contribution in [3.05, 3.63) is 35.9 Å². The van der Waals surface area contributed by atoms with Crippen LogP contribution in [0.4, 0.5) is 0 Å². The van der Waals surface area contributed by atoms with Crippen LogP contribution in [0.25, 0.3) is 0 Å². The van der Waals surface area contributed by atoms with Gasteiger partial charge in [0.1, 0.15) is 0 Å². The first-order chi connectivity index (χ1) is 6.79. The van der Waals surface area contributed by atoms with Gasteiger partial charge in [-0.2, -0.15) is 0 Å². The Kier molecular flexibility index (Phi) is 4.58. The first-order valence-electron chi connectivity index (χ1n) is 5.19. The second-order valence-corrected chi connectivity index (χ2v) is 4.14. The van der Waals surface area contributed by atoms with Crippen molar-refractivity contribution in [2.45, 2.75) is 24.8 Å². The molecular formula is C12H18ClNO. The second-order valence-electron chi connectivity index (χ2n) is 4.14. The highest BCUT2D eigenvalue weighted by atomic mass is 35.5. The zero-order valence-electron chi connectivity index (χ0n) is 8.82. The Balaban J connectivity index is 0.00000112. The van der Waals surface area contributed by atoms with Crippen LogP contribution in [0.2, 0.25) is 0 Å². The van der Waals surface area contributed by atoms with Gasteiger partial charge >= 0.3 is 0 Å². The lowest BCUT2D eigenvalue weighted by Crippen LogP contribution is -2.46. The summed E-state index contributed by atoms with van der Waals surface area (Å²) >= 11 is 0. The lowest BCUT2D eigenvalue weighted by atomic mass is 9.85. The monoisotopic (exact) mass is 227 g/mol. The van der Waals surface area contributed by atoms with Crippen molar-refractivity contribution in [2.75, 3.05) is 13.2 Å². The summed E-state index contributed by atoms with van der Waals surface area (Å²) in [5, 5.41) is 0. The van der Waals surface area contributed by atoms with Crippen LogP contribution in [0.3, 0.4) is 0 Å². The topological polar surface area (TPSA) is 35.2 Å². The van der Waals surface area contributed by atoms with Gasteiger partial charge in [0.25, 0.3) is 0 Å². The molecule has 1 aromatic rings. The molecule has 0 atom stereocenters. The zero-order valence-corrected chi connectivity index (χ0v) is 9.63. The lowest BCUT2D eigenvalue weighted by molar-refractivity contribution is 0.0533. The van der Waals surface area contributed by atoms with E-state index in [1.165, 1.54) is 5.56 Å². The minimum absolute atomic E-state index is 0. The molecule has 0 amide bonds. The fourth-order valence-electron chi connectivity index (χ4n) is 1.96. The van der Waals surface area contributed by atoms with Gasteiger partial charge in [-0.15, -0.1) is 12.4 Å². The maximum atomic E-state index is 6.31. The van der Waals surface area contributed by atoms with E-state index in [0.717, 1.165) is 32.5 Å². The van der Waals surface area contributed by atoms with E-state index in [0.29, 0.717) is 0 Å². The third kappa shape index (κ3) is 3.49. The molecule has 1 aliphatic rings. The molecule has 0 radical (unpaired) electrons. The maximum Gasteiger partial charge on any atom is 0.0483 e. The fraction of sp³-hybridized carbons (Fsp3) is 0.500. The standard InChI is InChI=1S/C12H17NO.ClH/c13-12(6-8-14-9-7-12)10-11-4-2-1-3-5-11;/h1-5H,6-10,13H2;1H. The van der Waals surface area contributed by atoms with Gasteiger partial charge in [0.15, 0.2) is 0 Å². The van der Waals surface area contributed by atoms with Crippen molar-refractivity contribution in [1.82, 2.24) is 0 Å². The molecule has 3 heteroatoms. The molecule has 0 spiro atoms. The summed E-state index contributed by atoms with van der Waals surface area (Å²) in [6, 6.07) is 10.5. The van der Waals surface area contributed by atoms with E-state index in [1.54, 1.807) is 0 Å². The van der Waals surface area contributed by atoms with Crippen LogP contribution >= 0.6 is 12.4 Å². The molecule has 0 aromatic heterocycles. The number of benzene rings is 1. The van der Waals surface area contributed by atoms with Crippen LogP contribution in [-0.4, -0.2) is 18.8 Å². The third-order valence-corrected chi connectivity index (χ3v) is 2.89. The minimum Gasteiger partial charge on any atom is -0.381 e. The first kappa shape index (κ1) is 12.5. The zero-order chi connectivity index (χ0) is 9.86. The minimum atomic E-state index is -0.0421. The number of rotatable bonds is 2. The molecule has 0 aliphatic carbocycles. The molecule has 1 saturated heterocycles. The van der Waals surface area contributed by atoms with Crippen LogP contribution in [0.5, 0.6) is 0 Å². The predicted molar refractivity (Wildman–Crippen MR) is 64.4 cm³/mol. The molecule has 1 fully saturated rings. The third-order valence-electron chi connectivity index (χ3n) is 2.89. The molecule has 2 N–H and O–H groups in total. The van der Waals surface area contributed by atoms with Crippen molar-refractivity contribution in [1.29, 1.82) is 0 Å². The molecule has 2 rings (SSSR count). The van der Waals surface area contributed by atoms with Crippen LogP contribution in [0.1, 0.15) is 18.4 Å². The summed E-state index contributed by atoms with van der Waals surface area (Å²) in [4.78, 5) is 0. The van der Waals surface area contributed by atoms with E-state index in [4.69, 9.17) is 10.5 Å². The van der Waals surface area contributed by atoms with Gasteiger partial charge in [0.05, 0.1) is 0 Å². The summed E-state index contributed by atoms with van der Waals surface area (Å²) in [6.07, 6.45) is 2.92. The smallest absolute Gasteiger partial charge is 0.0483 e. The van der Waals surface area contributed by atoms with Crippen molar-refractivity contribution in [2.24, 2.45) is 5.73 Å². The summed E-state index contributed by atoms with van der Waals surface area (Å²) < 4.78 is 5.32. The largest absolute Gasteiger partial charge is 0.381 e. The molecule has 0 bridgehead atoms. The van der Waals surface area contributed by atoms with Crippen LogP contribution in [0.15, 0.2) is 30.3 Å². The highest BCUT2D eigenvalue weighted by Crippen LogP contribution is 2.22. The Labute approximate surface area is 97.2 Å². The van der Waals surface area contributed by atoms with E-state index >= 15 is 0 Å². The highest BCUT2D eigenvalue weighted by Gasteiger charge is 2.27. The average Bonchev–Trinajstić information content (AvgIpc) is 2.19. The average molecular weight is 228 g/mol. The Morgan fingerprint density at radius 1 is 1.13 bits per heavy atom. The Bertz CT molecular complexity index is 283. The first-order valence-corrected chi connectivity index (χ1v) is 5.19. The Morgan fingerprint density at radius 3 is 2.33 bits per heavy atom. The van der Waals surface area contributed by atoms with Gasteiger partial charge in [-0.3, -0.25) is 0 Å². The molecule has 1 aliphatic heterocycles. The fourth-order valence-corrected chi connectivity index (χ4v) is 1.96. The summed E-state index contributed by atoms with van der Waals surface area (Å²) in [6.45, 7) is 1.62. The van der Waals surface area contributed by atoms with Gasteiger partial charge in [-0.1, -0.05) is 30.3 Å². The molecule has 1 aromatic carbocycles. The van der Waals surface area contributed by atoms with Gasteiger partial charge in [0.2, 0.25) is 0 Å². The number of halogens is 1. The van der Waals surface area contributed by atoms with E-state index in [1.807, 2.05) is 6.07 Å². The van der Waals surface area contributed by atoms with Gasteiger partial charge < -0.3 is 10.5 Å². The normalized spacial score (nSPS) is 19.3. The van der Waals surface area contributed by atoms with Gasteiger partial charge in [-0.25, -0.2) is 0 Å². The molecule has 0 unspecified atom stereocenters. The number of nitrogens with two attached hydrogens (primary N) is 1. The Morgan fingerprint density at radius 2 is 1.73 bits per heavy atom. The molecule has 1 heterocycles. The van der Waals surface area contributed by atoms with Crippen molar-refractivity contribution < 1.29 is 4.74 Å². The lowest BCUT2D eigenvalue weighted by Gasteiger charge is -2.33. The maximum absolute atomic E-state index is 6.31. The van der Waals surface area contributed by atoms with Crippen molar-refractivity contribution in [3.8, 4) is 0 Å². The Hall–Kier alpha value is -0.570. The predicted octanol–water partition coefficient (Wildman–Crippen LogP) is 2.16. The van der Waals surface area contributed by atoms with E-state index in [-0.39, 0.29) is 17.9 Å². The summed E-state index contributed by atoms with van der Waals surface area (Å²) in [5.41, 5.74) is 7.60. The second kappa shape index (κ2) is 5.50. The molecular weight excluding hydrogens is 210 g/mol. The SMILES string of the molecule is Cl.NC1(Cc2ccccc2)CCOCC1. The summed E-state index contributed by atoms with van der Waals surface area (Å²) in [7, 11) is 0. The van der Waals surface area contributed by atoms with E-state index < -0.39 is 0 Å². The molecule has 15 heavy (non-hydrogen) atoms. The van der Waals surface area contributed by atoms with Gasteiger partial charge in [-0.05, 0) is 24.8 Å². The number of hydrogen-bond donors (Lipinski definition) is 1.